The van der Waals surface area contributed by atoms with E-state index in [1.165, 1.54) is 22.6 Å². The highest BCUT2D eigenvalue weighted by atomic mass is 32.2. The van der Waals surface area contributed by atoms with Gasteiger partial charge in [-0.05, 0) is 55.7 Å². The number of carbonyl (C=O) groups excluding carboxylic acids is 1. The lowest BCUT2D eigenvalue weighted by atomic mass is 10.2. The van der Waals surface area contributed by atoms with Crippen LogP contribution in [0.25, 0.3) is 0 Å². The Kier molecular flexibility index (Phi) is 6.87. The summed E-state index contributed by atoms with van der Waals surface area (Å²) in [6, 6.07) is 15.1. The molecule has 0 fully saturated rings. The van der Waals surface area contributed by atoms with Crippen LogP contribution in [0, 0.1) is 0 Å². The van der Waals surface area contributed by atoms with Crippen molar-refractivity contribution >= 4 is 27.3 Å². The Balaban J connectivity index is 1.42. The van der Waals surface area contributed by atoms with E-state index in [2.05, 4.69) is 34.5 Å². The molecular formula is C22H29N3O4S. The highest BCUT2D eigenvalue weighted by Crippen LogP contribution is 2.27. The normalized spacial score (nSPS) is 14.2. The van der Waals surface area contributed by atoms with E-state index in [0.29, 0.717) is 18.0 Å². The van der Waals surface area contributed by atoms with Crippen molar-refractivity contribution in [2.75, 3.05) is 42.1 Å². The lowest BCUT2D eigenvalue weighted by Crippen LogP contribution is -2.37. The Labute approximate surface area is 178 Å². The van der Waals surface area contributed by atoms with Crippen LogP contribution in [0.5, 0.6) is 5.75 Å². The smallest absolute Gasteiger partial charge is 0.260 e. The van der Waals surface area contributed by atoms with E-state index >= 15 is 0 Å². The number of hydrogen-bond donors (Lipinski definition) is 1. The summed E-state index contributed by atoms with van der Waals surface area (Å²) in [6.07, 6.45) is 2.44. The Morgan fingerprint density at radius 2 is 1.90 bits per heavy atom. The number of rotatable bonds is 9. The molecule has 0 saturated heterocycles. The van der Waals surface area contributed by atoms with Crippen LogP contribution in [0.15, 0.2) is 48.5 Å². The maximum atomic E-state index is 12.3. The lowest BCUT2D eigenvalue weighted by molar-refractivity contribution is -0.127. The average Bonchev–Trinajstić information content (AvgIpc) is 3.13. The first-order valence-corrected chi connectivity index (χ1v) is 11.9. The molecule has 0 unspecified atom stereocenters. The van der Waals surface area contributed by atoms with Crippen molar-refractivity contribution in [1.82, 2.24) is 5.32 Å². The van der Waals surface area contributed by atoms with E-state index in [0.717, 1.165) is 32.2 Å². The van der Waals surface area contributed by atoms with Gasteiger partial charge in [0.15, 0.2) is 6.10 Å². The molecular weight excluding hydrogens is 402 g/mol. The number of benzene rings is 2. The van der Waals surface area contributed by atoms with E-state index in [4.69, 9.17) is 4.74 Å². The van der Waals surface area contributed by atoms with Crippen LogP contribution in [0.2, 0.25) is 0 Å². The first-order valence-electron chi connectivity index (χ1n) is 10.1. The molecule has 8 heteroatoms. The minimum absolute atomic E-state index is 0.172. The molecule has 0 radical (unpaired) electrons. The molecule has 1 atom stereocenters. The van der Waals surface area contributed by atoms with Gasteiger partial charge >= 0.3 is 0 Å². The molecule has 1 N–H and O–H groups in total. The molecule has 7 nitrogen and oxygen atoms in total. The standard InChI is InChI=1S/C22H29N3O4S/c1-17(29-20-11-9-19(10-12-20)24(2)30(3,27)28)22(26)23-14-6-15-25-16-13-18-7-4-5-8-21(18)25/h4-5,7-12,17H,6,13-16H2,1-3H3,(H,23,26)/t17-/m1/s1. The summed E-state index contributed by atoms with van der Waals surface area (Å²) in [7, 11) is -1.83. The number of hydrogen-bond acceptors (Lipinski definition) is 5. The molecule has 3 rings (SSSR count). The highest BCUT2D eigenvalue weighted by molar-refractivity contribution is 7.92. The summed E-state index contributed by atoms with van der Waals surface area (Å²) in [5.41, 5.74) is 3.22. The van der Waals surface area contributed by atoms with Crippen molar-refractivity contribution in [3.63, 3.8) is 0 Å². The second-order valence-corrected chi connectivity index (χ2v) is 9.51. The van der Waals surface area contributed by atoms with Crippen LogP contribution >= 0.6 is 0 Å². The third-order valence-electron chi connectivity index (χ3n) is 5.27. The zero-order valence-corrected chi connectivity index (χ0v) is 18.5. The summed E-state index contributed by atoms with van der Waals surface area (Å²) < 4.78 is 30.1. The third-order valence-corrected chi connectivity index (χ3v) is 6.47. The van der Waals surface area contributed by atoms with Crippen LogP contribution in [0.3, 0.4) is 0 Å². The topological polar surface area (TPSA) is 78.9 Å². The Morgan fingerprint density at radius 1 is 1.20 bits per heavy atom. The summed E-state index contributed by atoms with van der Waals surface area (Å²) in [6.45, 7) is 4.21. The Morgan fingerprint density at radius 3 is 2.60 bits per heavy atom. The van der Waals surface area contributed by atoms with E-state index in [1.54, 1.807) is 31.2 Å². The number of fused-ring (bicyclic) bond motifs is 1. The van der Waals surface area contributed by atoms with E-state index < -0.39 is 16.1 Å². The van der Waals surface area contributed by atoms with Crippen molar-refractivity contribution in [1.29, 1.82) is 0 Å². The first-order chi connectivity index (χ1) is 14.3. The van der Waals surface area contributed by atoms with Crippen molar-refractivity contribution in [2.45, 2.75) is 25.9 Å². The molecule has 0 aliphatic carbocycles. The minimum atomic E-state index is -3.32. The van der Waals surface area contributed by atoms with Crippen molar-refractivity contribution in [3.05, 3.63) is 54.1 Å². The van der Waals surface area contributed by atoms with E-state index in [9.17, 15) is 13.2 Å². The third kappa shape index (κ3) is 5.44. The van der Waals surface area contributed by atoms with Crippen LogP contribution in [0.4, 0.5) is 11.4 Å². The van der Waals surface area contributed by atoms with Gasteiger partial charge in [-0.15, -0.1) is 0 Å². The number of ether oxygens (including phenoxy) is 1. The van der Waals surface area contributed by atoms with Gasteiger partial charge in [-0.2, -0.15) is 0 Å². The predicted octanol–water partition coefficient (Wildman–Crippen LogP) is 2.42. The number of amides is 1. The van der Waals surface area contributed by atoms with Crippen LogP contribution in [0.1, 0.15) is 18.9 Å². The van der Waals surface area contributed by atoms with Crippen molar-refractivity contribution < 1.29 is 17.9 Å². The molecule has 2 aromatic carbocycles. The van der Waals surface area contributed by atoms with E-state index in [-0.39, 0.29) is 5.91 Å². The quantitative estimate of drug-likeness (QED) is 0.617. The van der Waals surface area contributed by atoms with Gasteiger partial charge in [0.05, 0.1) is 11.9 Å². The monoisotopic (exact) mass is 431 g/mol. The van der Waals surface area contributed by atoms with Gasteiger partial charge in [0.25, 0.3) is 5.91 Å². The molecule has 1 aliphatic heterocycles. The Bertz CT molecular complexity index is 976. The largest absolute Gasteiger partial charge is 0.481 e. The maximum absolute atomic E-state index is 12.3. The highest BCUT2D eigenvalue weighted by Gasteiger charge is 2.18. The molecule has 1 aliphatic rings. The van der Waals surface area contributed by atoms with Crippen molar-refractivity contribution in [2.24, 2.45) is 0 Å². The molecule has 1 heterocycles. The molecule has 0 aromatic heterocycles. The Hall–Kier alpha value is -2.74. The molecule has 162 valence electrons. The summed E-state index contributed by atoms with van der Waals surface area (Å²) in [5, 5.41) is 2.92. The first kappa shape index (κ1) is 22.0. The number of sulfonamides is 1. The van der Waals surface area contributed by atoms with Gasteiger partial charge in [0.2, 0.25) is 10.0 Å². The van der Waals surface area contributed by atoms with Crippen LogP contribution in [-0.2, 0) is 21.2 Å². The molecule has 0 spiro atoms. The zero-order valence-electron chi connectivity index (χ0n) is 17.7. The van der Waals surface area contributed by atoms with Gasteiger partial charge in [0, 0.05) is 32.4 Å². The number of carbonyl (C=O) groups is 1. The average molecular weight is 432 g/mol. The van der Waals surface area contributed by atoms with Crippen molar-refractivity contribution in [3.8, 4) is 5.75 Å². The van der Waals surface area contributed by atoms with Crippen LogP contribution in [-0.4, -0.2) is 53.4 Å². The fraction of sp³-hybridized carbons (Fsp3) is 0.409. The SMILES string of the molecule is C[C@@H](Oc1ccc(N(C)S(C)(=O)=O)cc1)C(=O)NCCCN1CCc2ccccc21. The van der Waals surface area contributed by atoms with Gasteiger partial charge in [-0.1, -0.05) is 18.2 Å². The lowest BCUT2D eigenvalue weighted by Gasteiger charge is -2.20. The number of nitrogens with one attached hydrogen (secondary N) is 1. The molecule has 30 heavy (non-hydrogen) atoms. The van der Waals surface area contributed by atoms with Gasteiger partial charge in [0.1, 0.15) is 5.75 Å². The molecule has 0 bridgehead atoms. The minimum Gasteiger partial charge on any atom is -0.481 e. The number of para-hydroxylation sites is 1. The molecule has 2 aromatic rings. The summed E-state index contributed by atoms with van der Waals surface area (Å²) in [5.74, 6) is 0.339. The summed E-state index contributed by atoms with van der Waals surface area (Å²) >= 11 is 0. The molecule has 1 amide bonds. The van der Waals surface area contributed by atoms with Gasteiger partial charge in [-0.3, -0.25) is 9.10 Å². The number of anilines is 2. The van der Waals surface area contributed by atoms with Gasteiger partial charge in [-0.25, -0.2) is 8.42 Å². The zero-order chi connectivity index (χ0) is 21.7. The maximum Gasteiger partial charge on any atom is 0.260 e. The predicted molar refractivity (Wildman–Crippen MR) is 120 cm³/mol. The van der Waals surface area contributed by atoms with Crippen LogP contribution < -0.4 is 19.3 Å². The van der Waals surface area contributed by atoms with Gasteiger partial charge < -0.3 is 15.0 Å². The molecule has 0 saturated carbocycles. The van der Waals surface area contributed by atoms with E-state index in [1.807, 2.05) is 0 Å². The fourth-order valence-electron chi connectivity index (χ4n) is 3.45. The second kappa shape index (κ2) is 9.38. The number of nitrogens with zero attached hydrogens (tertiary/aromatic N) is 2. The fourth-order valence-corrected chi connectivity index (χ4v) is 3.95. The summed E-state index contributed by atoms with van der Waals surface area (Å²) in [4.78, 5) is 14.7. The second-order valence-electron chi connectivity index (χ2n) is 7.49.